The van der Waals surface area contributed by atoms with E-state index in [0.29, 0.717) is 0 Å². The van der Waals surface area contributed by atoms with Crippen LogP contribution in [0.1, 0.15) is 53.9 Å². The topological polar surface area (TPSA) is 0 Å². The van der Waals surface area contributed by atoms with E-state index >= 15 is 0 Å². The van der Waals surface area contributed by atoms with E-state index in [9.17, 15) is 0 Å². The van der Waals surface area contributed by atoms with Gasteiger partial charge in [-0.3, -0.25) is 0 Å². The summed E-state index contributed by atoms with van der Waals surface area (Å²) in [5, 5.41) is 0. The average Bonchev–Trinajstić information content (AvgIpc) is 2.04. The zero-order valence-corrected chi connectivity index (χ0v) is 11.5. The van der Waals surface area contributed by atoms with Crippen molar-refractivity contribution in [3.8, 4) is 0 Å². The molecule has 3 atom stereocenters. The smallest absolute Gasteiger partial charge is 0.00644 e. The van der Waals surface area contributed by atoms with Crippen molar-refractivity contribution in [3.05, 3.63) is 0 Å². The molecule has 0 saturated heterocycles. The number of hydrogen-bond donors (Lipinski definition) is 1. The Labute approximate surface area is 96.3 Å². The van der Waals surface area contributed by atoms with Gasteiger partial charge in [0.1, 0.15) is 0 Å². The Morgan fingerprint density at radius 1 is 1.00 bits per heavy atom. The van der Waals surface area contributed by atoms with Gasteiger partial charge in [0.05, 0.1) is 0 Å². The molecule has 0 rings (SSSR count). The molecule has 0 bridgehead atoms. The molecule has 0 N–H and O–H groups in total. The van der Waals surface area contributed by atoms with Gasteiger partial charge in [-0.1, -0.05) is 47.5 Å². The van der Waals surface area contributed by atoms with Gasteiger partial charge in [0.25, 0.3) is 0 Å². The lowest BCUT2D eigenvalue weighted by Crippen LogP contribution is -2.22. The third kappa shape index (κ3) is 5.29. The molecule has 0 spiro atoms. The van der Waals surface area contributed by atoms with Crippen molar-refractivity contribution in [2.75, 3.05) is 5.75 Å². The van der Waals surface area contributed by atoms with E-state index < -0.39 is 0 Å². The van der Waals surface area contributed by atoms with Crippen LogP contribution in [0.25, 0.3) is 0 Å². The molecule has 0 aromatic rings. The van der Waals surface area contributed by atoms with E-state index in [0.717, 1.165) is 29.4 Å². The quantitative estimate of drug-likeness (QED) is 0.588. The van der Waals surface area contributed by atoms with Gasteiger partial charge in [-0.15, -0.1) is 0 Å². The van der Waals surface area contributed by atoms with Gasteiger partial charge in [0.2, 0.25) is 0 Å². The number of rotatable bonds is 7. The monoisotopic (exact) mass is 216 g/mol. The molecule has 0 amide bonds. The molecule has 0 aromatic heterocycles. The fourth-order valence-electron chi connectivity index (χ4n) is 2.51. The van der Waals surface area contributed by atoms with Crippen molar-refractivity contribution in [2.45, 2.75) is 53.9 Å². The van der Waals surface area contributed by atoms with E-state index in [-0.39, 0.29) is 0 Å². The first-order chi connectivity index (χ1) is 6.52. The van der Waals surface area contributed by atoms with Crippen LogP contribution < -0.4 is 0 Å². The van der Waals surface area contributed by atoms with Gasteiger partial charge in [-0.2, -0.15) is 12.6 Å². The Morgan fingerprint density at radius 3 is 1.93 bits per heavy atom. The molecule has 0 heterocycles. The summed E-state index contributed by atoms with van der Waals surface area (Å²) >= 11 is 4.51. The standard InChI is InChI=1S/C13H28S/c1-6-7-11(4)13(9-14)12(5)8-10(2)3/h10-14H,6-9H2,1-5H3. The molecule has 0 aliphatic heterocycles. The largest absolute Gasteiger partial charge is 0.179 e. The lowest BCUT2D eigenvalue weighted by atomic mass is 9.79. The second-order valence-corrected chi connectivity index (χ2v) is 5.58. The number of hydrogen-bond acceptors (Lipinski definition) is 1. The minimum atomic E-state index is 0.806. The van der Waals surface area contributed by atoms with Gasteiger partial charge in [0.15, 0.2) is 0 Å². The van der Waals surface area contributed by atoms with E-state index in [4.69, 9.17) is 0 Å². The summed E-state index contributed by atoms with van der Waals surface area (Å²) in [6.45, 7) is 11.7. The highest BCUT2D eigenvalue weighted by Gasteiger charge is 2.22. The normalized spacial score (nSPS) is 18.2. The van der Waals surface area contributed by atoms with Crippen molar-refractivity contribution in [1.82, 2.24) is 0 Å². The fourth-order valence-corrected chi connectivity index (χ4v) is 3.23. The minimum Gasteiger partial charge on any atom is -0.179 e. The molecule has 14 heavy (non-hydrogen) atoms. The average molecular weight is 216 g/mol. The van der Waals surface area contributed by atoms with E-state index in [1.165, 1.54) is 19.3 Å². The zero-order valence-electron chi connectivity index (χ0n) is 10.6. The summed E-state index contributed by atoms with van der Waals surface area (Å²) in [7, 11) is 0. The summed E-state index contributed by atoms with van der Waals surface area (Å²) in [4.78, 5) is 0. The van der Waals surface area contributed by atoms with Gasteiger partial charge < -0.3 is 0 Å². The number of thiol groups is 1. The highest BCUT2D eigenvalue weighted by molar-refractivity contribution is 7.80. The first kappa shape index (κ1) is 14.3. The third-order valence-electron chi connectivity index (χ3n) is 3.26. The summed E-state index contributed by atoms with van der Waals surface area (Å²) in [5.41, 5.74) is 0. The molecule has 0 nitrogen and oxygen atoms in total. The highest BCUT2D eigenvalue weighted by Crippen LogP contribution is 2.29. The second kappa shape index (κ2) is 7.62. The molecule has 0 saturated carbocycles. The molecular weight excluding hydrogens is 188 g/mol. The predicted molar refractivity (Wildman–Crippen MR) is 70.0 cm³/mol. The Morgan fingerprint density at radius 2 is 1.57 bits per heavy atom. The van der Waals surface area contributed by atoms with Gasteiger partial charge >= 0.3 is 0 Å². The molecule has 0 aliphatic carbocycles. The molecule has 0 aromatic carbocycles. The Kier molecular flexibility index (Phi) is 7.81. The molecule has 0 radical (unpaired) electrons. The van der Waals surface area contributed by atoms with Crippen molar-refractivity contribution in [1.29, 1.82) is 0 Å². The van der Waals surface area contributed by atoms with Crippen LogP contribution in [0, 0.1) is 23.7 Å². The molecule has 86 valence electrons. The molecule has 0 aliphatic rings. The molecular formula is C13H28S. The maximum Gasteiger partial charge on any atom is -0.00644 e. The Bertz CT molecular complexity index is 131. The van der Waals surface area contributed by atoms with Crippen molar-refractivity contribution in [3.63, 3.8) is 0 Å². The Hall–Kier alpha value is 0.350. The van der Waals surface area contributed by atoms with E-state index in [1.54, 1.807) is 0 Å². The van der Waals surface area contributed by atoms with E-state index in [2.05, 4.69) is 47.2 Å². The lowest BCUT2D eigenvalue weighted by Gasteiger charge is -2.29. The highest BCUT2D eigenvalue weighted by atomic mass is 32.1. The fraction of sp³-hybridized carbons (Fsp3) is 1.00. The van der Waals surface area contributed by atoms with Crippen LogP contribution in [0.5, 0.6) is 0 Å². The van der Waals surface area contributed by atoms with Crippen LogP contribution in [0.15, 0.2) is 0 Å². The van der Waals surface area contributed by atoms with E-state index in [1.807, 2.05) is 0 Å². The molecule has 3 unspecified atom stereocenters. The van der Waals surface area contributed by atoms with Crippen molar-refractivity contribution in [2.24, 2.45) is 23.7 Å². The molecule has 1 heteroatoms. The third-order valence-corrected chi connectivity index (χ3v) is 3.68. The van der Waals surface area contributed by atoms with Gasteiger partial charge in [0, 0.05) is 0 Å². The first-order valence-electron chi connectivity index (χ1n) is 6.13. The van der Waals surface area contributed by atoms with Crippen molar-refractivity contribution < 1.29 is 0 Å². The summed E-state index contributed by atoms with van der Waals surface area (Å²) in [6.07, 6.45) is 4.01. The van der Waals surface area contributed by atoms with Crippen LogP contribution >= 0.6 is 12.6 Å². The summed E-state index contributed by atoms with van der Waals surface area (Å²) < 4.78 is 0. The SMILES string of the molecule is CCCC(C)C(CS)C(C)CC(C)C. The second-order valence-electron chi connectivity index (χ2n) is 5.22. The predicted octanol–water partition coefficient (Wildman–Crippen LogP) is 4.65. The maximum absolute atomic E-state index is 4.51. The minimum absolute atomic E-state index is 0.806. The van der Waals surface area contributed by atoms with Gasteiger partial charge in [-0.25, -0.2) is 0 Å². The first-order valence-corrected chi connectivity index (χ1v) is 6.76. The Balaban J connectivity index is 4.09. The summed E-state index contributed by atoms with van der Waals surface area (Å²) in [5.74, 6) is 4.34. The van der Waals surface area contributed by atoms with Crippen LogP contribution in [-0.2, 0) is 0 Å². The van der Waals surface area contributed by atoms with Crippen LogP contribution in [0.3, 0.4) is 0 Å². The van der Waals surface area contributed by atoms with Gasteiger partial charge in [-0.05, 0) is 35.8 Å². The lowest BCUT2D eigenvalue weighted by molar-refractivity contribution is 0.240. The van der Waals surface area contributed by atoms with Crippen LogP contribution in [0.4, 0.5) is 0 Å². The zero-order chi connectivity index (χ0) is 11.1. The van der Waals surface area contributed by atoms with Crippen molar-refractivity contribution >= 4 is 12.6 Å². The summed E-state index contributed by atoms with van der Waals surface area (Å²) in [6, 6.07) is 0. The van der Waals surface area contributed by atoms with Crippen LogP contribution in [-0.4, -0.2) is 5.75 Å². The van der Waals surface area contributed by atoms with Crippen LogP contribution in [0.2, 0.25) is 0 Å². The molecule has 0 fully saturated rings. The maximum atomic E-state index is 4.51.